The standard InChI is InChI=1S/C4H6BFN2O2/c6-3-8-2-1-4(7-8)5(9)10/h1-2,9-10H,3H2. The van der Waals surface area contributed by atoms with Crippen molar-refractivity contribution in [3.8, 4) is 0 Å². The van der Waals surface area contributed by atoms with E-state index in [1.165, 1.54) is 12.3 Å². The number of rotatable bonds is 2. The molecule has 1 heterocycles. The molecule has 6 heteroatoms. The van der Waals surface area contributed by atoms with Crippen molar-refractivity contribution in [2.75, 3.05) is 0 Å². The molecule has 0 fully saturated rings. The van der Waals surface area contributed by atoms with E-state index in [9.17, 15) is 4.39 Å². The van der Waals surface area contributed by atoms with Gasteiger partial charge in [-0.2, -0.15) is 5.10 Å². The van der Waals surface area contributed by atoms with Gasteiger partial charge in [0.2, 0.25) is 0 Å². The third kappa shape index (κ3) is 1.34. The van der Waals surface area contributed by atoms with Crippen molar-refractivity contribution in [3.05, 3.63) is 12.3 Å². The molecule has 0 aromatic carbocycles. The van der Waals surface area contributed by atoms with E-state index in [-0.39, 0.29) is 5.59 Å². The number of alkyl halides is 1. The van der Waals surface area contributed by atoms with Crippen molar-refractivity contribution in [2.24, 2.45) is 0 Å². The first kappa shape index (κ1) is 7.23. The molecule has 0 atom stereocenters. The molecule has 0 aliphatic heterocycles. The maximum atomic E-state index is 11.7. The van der Waals surface area contributed by atoms with E-state index < -0.39 is 13.9 Å². The molecule has 1 rings (SSSR count). The van der Waals surface area contributed by atoms with Gasteiger partial charge < -0.3 is 10.0 Å². The molecule has 2 N–H and O–H groups in total. The van der Waals surface area contributed by atoms with Gasteiger partial charge in [0.25, 0.3) is 0 Å². The van der Waals surface area contributed by atoms with E-state index in [0.29, 0.717) is 0 Å². The van der Waals surface area contributed by atoms with Crippen molar-refractivity contribution >= 4 is 12.7 Å². The van der Waals surface area contributed by atoms with E-state index in [2.05, 4.69) is 5.10 Å². The van der Waals surface area contributed by atoms with Crippen LogP contribution in [0.5, 0.6) is 0 Å². The average molecular weight is 144 g/mol. The van der Waals surface area contributed by atoms with Gasteiger partial charge in [-0.15, -0.1) is 0 Å². The summed E-state index contributed by atoms with van der Waals surface area (Å²) in [6, 6.07) is 1.34. The highest BCUT2D eigenvalue weighted by atomic mass is 19.1. The normalized spacial score (nSPS) is 9.90. The topological polar surface area (TPSA) is 58.3 Å². The predicted octanol–water partition coefficient (Wildman–Crippen LogP) is -1.51. The third-order valence-corrected chi connectivity index (χ3v) is 1.05. The summed E-state index contributed by atoms with van der Waals surface area (Å²) in [5.74, 6) is 0. The highest BCUT2D eigenvalue weighted by molar-refractivity contribution is 6.57. The Bertz CT molecular complexity index is 215. The molecule has 0 bridgehead atoms. The molecule has 1 aromatic rings. The van der Waals surface area contributed by atoms with Gasteiger partial charge in [0.1, 0.15) is 0 Å². The second kappa shape index (κ2) is 2.81. The van der Waals surface area contributed by atoms with Gasteiger partial charge in [-0.1, -0.05) is 0 Å². The summed E-state index contributed by atoms with van der Waals surface area (Å²) in [5, 5.41) is 20.4. The molecule has 1 aromatic heterocycles. The maximum Gasteiger partial charge on any atom is 0.510 e. The fourth-order valence-electron chi connectivity index (χ4n) is 0.582. The molecule has 0 saturated heterocycles. The Kier molecular flexibility index (Phi) is 2.03. The van der Waals surface area contributed by atoms with E-state index >= 15 is 0 Å². The van der Waals surface area contributed by atoms with Crippen LogP contribution < -0.4 is 5.59 Å². The Hall–Kier alpha value is -0.875. The van der Waals surface area contributed by atoms with Crippen LogP contribution in [0.2, 0.25) is 0 Å². The smallest absolute Gasteiger partial charge is 0.422 e. The highest BCUT2D eigenvalue weighted by Gasteiger charge is 2.13. The lowest BCUT2D eigenvalue weighted by Crippen LogP contribution is -2.31. The minimum atomic E-state index is -1.62. The number of aromatic nitrogens is 2. The van der Waals surface area contributed by atoms with Gasteiger partial charge in [0, 0.05) is 6.20 Å². The van der Waals surface area contributed by atoms with Crippen LogP contribution in [-0.4, -0.2) is 26.9 Å². The predicted molar refractivity (Wildman–Crippen MR) is 33.2 cm³/mol. The Labute approximate surface area is 57.1 Å². The van der Waals surface area contributed by atoms with Crippen LogP contribution >= 0.6 is 0 Å². The lowest BCUT2D eigenvalue weighted by molar-refractivity contribution is 0.349. The number of nitrogens with zero attached hydrogens (tertiary/aromatic N) is 2. The summed E-state index contributed by atoms with van der Waals surface area (Å²) in [4.78, 5) is 0. The number of halogens is 1. The fourth-order valence-corrected chi connectivity index (χ4v) is 0.582. The van der Waals surface area contributed by atoms with E-state index in [0.717, 1.165) is 4.68 Å². The van der Waals surface area contributed by atoms with E-state index in [1.807, 2.05) is 0 Å². The molecule has 4 nitrogen and oxygen atoms in total. The summed E-state index contributed by atoms with van der Waals surface area (Å²) < 4.78 is 12.7. The van der Waals surface area contributed by atoms with Crippen LogP contribution in [-0.2, 0) is 6.80 Å². The lowest BCUT2D eigenvalue weighted by atomic mass is 9.87. The van der Waals surface area contributed by atoms with Gasteiger partial charge in [-0.05, 0) is 6.07 Å². The number of hydrogen-bond donors (Lipinski definition) is 2. The van der Waals surface area contributed by atoms with Crippen LogP contribution in [0.25, 0.3) is 0 Å². The highest BCUT2D eigenvalue weighted by Crippen LogP contribution is 1.83. The first-order chi connectivity index (χ1) is 4.74. The molecular formula is C4H6BFN2O2. The molecular weight excluding hydrogens is 138 g/mol. The largest absolute Gasteiger partial charge is 0.510 e. The van der Waals surface area contributed by atoms with E-state index in [1.54, 1.807) is 0 Å². The second-order valence-corrected chi connectivity index (χ2v) is 1.77. The summed E-state index contributed by atoms with van der Waals surface area (Å²) in [7, 11) is -1.62. The molecule has 0 spiro atoms. The first-order valence-electron chi connectivity index (χ1n) is 2.69. The van der Waals surface area contributed by atoms with Gasteiger partial charge >= 0.3 is 7.12 Å². The van der Waals surface area contributed by atoms with Crippen molar-refractivity contribution in [1.82, 2.24) is 9.78 Å². The van der Waals surface area contributed by atoms with Crippen molar-refractivity contribution in [2.45, 2.75) is 6.80 Å². The van der Waals surface area contributed by atoms with Gasteiger partial charge in [0.15, 0.2) is 6.80 Å². The van der Waals surface area contributed by atoms with Crippen LogP contribution in [0.3, 0.4) is 0 Å². The molecule has 54 valence electrons. The minimum Gasteiger partial charge on any atom is -0.422 e. The van der Waals surface area contributed by atoms with E-state index in [4.69, 9.17) is 10.0 Å². The van der Waals surface area contributed by atoms with Crippen molar-refractivity contribution < 1.29 is 14.4 Å². The molecule has 10 heavy (non-hydrogen) atoms. The van der Waals surface area contributed by atoms with Crippen molar-refractivity contribution in [3.63, 3.8) is 0 Å². The summed E-state index contributed by atoms with van der Waals surface area (Å²) in [5.41, 5.74) is 0.0534. The zero-order valence-corrected chi connectivity index (χ0v) is 5.11. The second-order valence-electron chi connectivity index (χ2n) is 1.77. The van der Waals surface area contributed by atoms with Crippen LogP contribution in [0.15, 0.2) is 12.3 Å². The van der Waals surface area contributed by atoms with Crippen LogP contribution in [0.4, 0.5) is 4.39 Å². The monoisotopic (exact) mass is 144 g/mol. The Morgan fingerprint density at radius 2 is 2.40 bits per heavy atom. The maximum absolute atomic E-state index is 11.7. The molecule has 0 aliphatic carbocycles. The Morgan fingerprint density at radius 1 is 1.70 bits per heavy atom. The zero-order valence-electron chi connectivity index (χ0n) is 5.11. The summed E-state index contributed by atoms with van der Waals surface area (Å²) in [6.07, 6.45) is 1.33. The molecule has 0 aliphatic rings. The fraction of sp³-hybridized carbons (Fsp3) is 0.250. The van der Waals surface area contributed by atoms with Gasteiger partial charge in [-0.3, -0.25) is 0 Å². The molecule has 0 saturated carbocycles. The zero-order chi connectivity index (χ0) is 7.56. The SMILES string of the molecule is OB(O)c1ccn(CF)n1. The summed E-state index contributed by atoms with van der Waals surface area (Å²) in [6.45, 7) is -0.757. The average Bonchev–Trinajstić information content (AvgIpc) is 2.34. The molecule has 0 unspecified atom stereocenters. The molecule has 0 amide bonds. The quantitative estimate of drug-likeness (QED) is 0.496. The Balaban J connectivity index is 2.78. The van der Waals surface area contributed by atoms with Gasteiger partial charge in [0.05, 0.1) is 5.59 Å². The first-order valence-corrected chi connectivity index (χ1v) is 2.69. The third-order valence-electron chi connectivity index (χ3n) is 1.05. The Morgan fingerprint density at radius 3 is 2.70 bits per heavy atom. The minimum absolute atomic E-state index is 0.0534. The molecule has 0 radical (unpaired) electrons. The van der Waals surface area contributed by atoms with Crippen LogP contribution in [0, 0.1) is 0 Å². The lowest BCUT2D eigenvalue weighted by Gasteiger charge is -1.90. The van der Waals surface area contributed by atoms with Crippen molar-refractivity contribution in [1.29, 1.82) is 0 Å². The summed E-state index contributed by atoms with van der Waals surface area (Å²) >= 11 is 0. The number of hydrogen-bond acceptors (Lipinski definition) is 3. The van der Waals surface area contributed by atoms with Gasteiger partial charge in [-0.25, -0.2) is 9.07 Å². The van der Waals surface area contributed by atoms with Crippen LogP contribution in [0.1, 0.15) is 0 Å².